The molecule has 2 amide bonds. The number of pyridine rings is 1. The summed E-state index contributed by atoms with van der Waals surface area (Å²) in [5, 5.41) is 5.73. The zero-order valence-corrected chi connectivity index (χ0v) is 18.9. The van der Waals surface area contributed by atoms with Crippen LogP contribution in [0.2, 0.25) is 0 Å². The van der Waals surface area contributed by atoms with Crippen LogP contribution in [0.1, 0.15) is 53.8 Å². The van der Waals surface area contributed by atoms with Crippen LogP contribution in [0.15, 0.2) is 42.5 Å². The van der Waals surface area contributed by atoms with Gasteiger partial charge in [-0.2, -0.15) is 13.2 Å². The van der Waals surface area contributed by atoms with Crippen LogP contribution in [-0.4, -0.2) is 41.3 Å². The molecule has 1 atom stereocenters. The first-order chi connectivity index (χ1) is 16.3. The highest BCUT2D eigenvalue weighted by atomic mass is 19.4. The molecular formula is C25H29F3N4O2. The highest BCUT2D eigenvalue weighted by molar-refractivity contribution is 6.02. The SMILES string of the molecule is O=C(Nc1cccc(CN2CCCC(C(=O)NCC3CC3)CC2)c1)c1cccc(C(F)(F)F)n1. The number of hydrogen-bond acceptors (Lipinski definition) is 4. The molecular weight excluding hydrogens is 445 g/mol. The van der Waals surface area contributed by atoms with Crippen LogP contribution in [0.3, 0.4) is 0 Å². The number of carbonyl (C=O) groups excluding carboxylic acids is 2. The van der Waals surface area contributed by atoms with Gasteiger partial charge in [-0.3, -0.25) is 14.5 Å². The smallest absolute Gasteiger partial charge is 0.356 e. The lowest BCUT2D eigenvalue weighted by Gasteiger charge is -2.20. The maximum Gasteiger partial charge on any atom is 0.433 e. The van der Waals surface area contributed by atoms with Crippen molar-refractivity contribution < 1.29 is 22.8 Å². The molecule has 1 aromatic carbocycles. The largest absolute Gasteiger partial charge is 0.433 e. The molecule has 2 aromatic rings. The first-order valence-electron chi connectivity index (χ1n) is 11.7. The summed E-state index contributed by atoms with van der Waals surface area (Å²) < 4.78 is 38.6. The Morgan fingerprint density at radius 3 is 2.59 bits per heavy atom. The lowest BCUT2D eigenvalue weighted by atomic mass is 10.00. The molecule has 2 aliphatic rings. The van der Waals surface area contributed by atoms with Crippen LogP contribution < -0.4 is 10.6 Å². The van der Waals surface area contributed by atoms with E-state index in [1.807, 2.05) is 12.1 Å². The predicted molar refractivity (Wildman–Crippen MR) is 122 cm³/mol. The molecule has 2 fully saturated rings. The summed E-state index contributed by atoms with van der Waals surface area (Å²) >= 11 is 0. The van der Waals surface area contributed by atoms with Gasteiger partial charge in [-0.1, -0.05) is 18.2 Å². The maximum absolute atomic E-state index is 12.9. The number of aromatic nitrogens is 1. The van der Waals surface area contributed by atoms with Gasteiger partial charge in [-0.05, 0) is 80.9 Å². The molecule has 1 aromatic heterocycles. The highest BCUT2D eigenvalue weighted by Crippen LogP contribution is 2.29. The van der Waals surface area contributed by atoms with Crippen LogP contribution >= 0.6 is 0 Å². The third-order valence-corrected chi connectivity index (χ3v) is 6.32. The fourth-order valence-electron chi connectivity index (χ4n) is 4.21. The lowest BCUT2D eigenvalue weighted by Crippen LogP contribution is -2.33. The standard InChI is InChI=1S/C25H29F3N4O2/c26-25(27,28)22-8-2-7-21(31-22)24(34)30-20-6-1-4-18(14-20)16-32-12-3-5-19(11-13-32)23(33)29-15-17-9-10-17/h1-2,4,6-8,14,17,19H,3,5,9-13,15-16H2,(H,29,33)(H,30,34). The van der Waals surface area contributed by atoms with Gasteiger partial charge < -0.3 is 10.6 Å². The predicted octanol–water partition coefficient (Wildman–Crippen LogP) is 4.48. The molecule has 182 valence electrons. The van der Waals surface area contributed by atoms with Gasteiger partial charge in [-0.15, -0.1) is 0 Å². The Bertz CT molecular complexity index is 1020. The molecule has 1 saturated carbocycles. The van der Waals surface area contributed by atoms with Crippen LogP contribution in [-0.2, 0) is 17.5 Å². The number of benzene rings is 1. The molecule has 4 rings (SSSR count). The van der Waals surface area contributed by atoms with E-state index in [4.69, 9.17) is 0 Å². The van der Waals surface area contributed by atoms with Crippen molar-refractivity contribution in [2.75, 3.05) is 25.0 Å². The number of rotatable bonds is 7. The van der Waals surface area contributed by atoms with E-state index in [0.29, 0.717) is 18.2 Å². The molecule has 2 N–H and O–H groups in total. The quantitative estimate of drug-likeness (QED) is 0.621. The second-order valence-electron chi connectivity index (χ2n) is 9.15. The van der Waals surface area contributed by atoms with Gasteiger partial charge in [0.25, 0.3) is 5.91 Å². The number of anilines is 1. The minimum Gasteiger partial charge on any atom is -0.356 e. The molecule has 0 radical (unpaired) electrons. The zero-order valence-electron chi connectivity index (χ0n) is 18.9. The van der Waals surface area contributed by atoms with Crippen LogP contribution in [0.25, 0.3) is 0 Å². The number of nitrogens with one attached hydrogen (secondary N) is 2. The summed E-state index contributed by atoms with van der Waals surface area (Å²) in [6.07, 6.45) is 0.462. The minimum atomic E-state index is -4.61. The average molecular weight is 475 g/mol. The first kappa shape index (κ1) is 24.2. The first-order valence-corrected chi connectivity index (χ1v) is 11.7. The molecule has 2 heterocycles. The Labute approximate surface area is 196 Å². The van der Waals surface area contributed by atoms with E-state index in [1.54, 1.807) is 12.1 Å². The normalized spacial score (nSPS) is 19.3. The lowest BCUT2D eigenvalue weighted by molar-refractivity contribution is -0.141. The van der Waals surface area contributed by atoms with Crippen LogP contribution in [0.4, 0.5) is 18.9 Å². The summed E-state index contributed by atoms with van der Waals surface area (Å²) in [6.45, 7) is 3.17. The van der Waals surface area contributed by atoms with E-state index in [2.05, 4.69) is 20.5 Å². The topological polar surface area (TPSA) is 74.3 Å². The van der Waals surface area contributed by atoms with Gasteiger partial charge in [0.2, 0.25) is 5.91 Å². The molecule has 1 saturated heterocycles. The van der Waals surface area contributed by atoms with E-state index in [-0.39, 0.29) is 17.5 Å². The van der Waals surface area contributed by atoms with Crippen molar-refractivity contribution in [2.24, 2.45) is 11.8 Å². The number of carbonyl (C=O) groups is 2. The fraction of sp³-hybridized carbons (Fsp3) is 0.480. The fourth-order valence-corrected chi connectivity index (χ4v) is 4.21. The molecule has 1 aliphatic carbocycles. The third-order valence-electron chi connectivity index (χ3n) is 6.32. The molecule has 1 unspecified atom stereocenters. The van der Waals surface area contributed by atoms with Gasteiger partial charge in [0, 0.05) is 24.7 Å². The van der Waals surface area contributed by atoms with Crippen LogP contribution in [0, 0.1) is 11.8 Å². The van der Waals surface area contributed by atoms with E-state index in [0.717, 1.165) is 50.5 Å². The summed E-state index contributed by atoms with van der Waals surface area (Å²) in [4.78, 5) is 30.6. The summed E-state index contributed by atoms with van der Waals surface area (Å²) in [7, 11) is 0. The number of amides is 2. The van der Waals surface area contributed by atoms with Crippen molar-refractivity contribution in [3.05, 3.63) is 59.4 Å². The highest BCUT2D eigenvalue weighted by Gasteiger charge is 2.33. The van der Waals surface area contributed by atoms with Crippen molar-refractivity contribution in [2.45, 2.75) is 44.8 Å². The zero-order chi connectivity index (χ0) is 24.1. The maximum atomic E-state index is 12.9. The number of likely N-dealkylation sites (tertiary alicyclic amines) is 1. The summed E-state index contributed by atoms with van der Waals surface area (Å²) in [5.41, 5.74) is 0.0774. The minimum absolute atomic E-state index is 0.0503. The number of hydrogen-bond donors (Lipinski definition) is 2. The molecule has 34 heavy (non-hydrogen) atoms. The van der Waals surface area contributed by atoms with Crippen molar-refractivity contribution in [3.63, 3.8) is 0 Å². The molecule has 0 bridgehead atoms. The summed E-state index contributed by atoms with van der Waals surface area (Å²) in [6, 6.07) is 10.5. The van der Waals surface area contributed by atoms with Crippen molar-refractivity contribution in [1.29, 1.82) is 0 Å². The monoisotopic (exact) mass is 474 g/mol. The molecule has 0 spiro atoms. The Morgan fingerprint density at radius 2 is 1.82 bits per heavy atom. The van der Waals surface area contributed by atoms with Crippen molar-refractivity contribution in [3.8, 4) is 0 Å². The summed E-state index contributed by atoms with van der Waals surface area (Å²) in [5.74, 6) is 0.192. The van der Waals surface area contributed by atoms with Gasteiger partial charge in [0.05, 0.1) is 0 Å². The average Bonchev–Trinajstić information content (AvgIpc) is 3.65. The second kappa shape index (κ2) is 10.5. The molecule has 1 aliphatic heterocycles. The van der Waals surface area contributed by atoms with E-state index >= 15 is 0 Å². The van der Waals surface area contributed by atoms with E-state index in [1.165, 1.54) is 25.0 Å². The third kappa shape index (κ3) is 6.79. The number of halogens is 3. The van der Waals surface area contributed by atoms with Crippen molar-refractivity contribution >= 4 is 17.5 Å². The second-order valence-corrected chi connectivity index (χ2v) is 9.15. The van der Waals surface area contributed by atoms with Gasteiger partial charge in [0.15, 0.2) is 0 Å². The Morgan fingerprint density at radius 1 is 1.03 bits per heavy atom. The van der Waals surface area contributed by atoms with Crippen LogP contribution in [0.5, 0.6) is 0 Å². The Hall–Kier alpha value is -2.94. The number of nitrogens with zero attached hydrogens (tertiary/aromatic N) is 2. The van der Waals surface area contributed by atoms with E-state index in [9.17, 15) is 22.8 Å². The molecule has 9 heteroatoms. The van der Waals surface area contributed by atoms with Gasteiger partial charge in [0.1, 0.15) is 11.4 Å². The van der Waals surface area contributed by atoms with Gasteiger partial charge >= 0.3 is 6.18 Å². The molecule has 6 nitrogen and oxygen atoms in total. The Kier molecular flexibility index (Phi) is 7.50. The van der Waals surface area contributed by atoms with Gasteiger partial charge in [-0.25, -0.2) is 4.98 Å². The number of alkyl halides is 3. The Balaban J connectivity index is 1.32. The van der Waals surface area contributed by atoms with Crippen molar-refractivity contribution in [1.82, 2.24) is 15.2 Å². The van der Waals surface area contributed by atoms with E-state index < -0.39 is 17.8 Å².